The Balaban J connectivity index is 1.53. The highest BCUT2D eigenvalue weighted by atomic mass is 19.1. The molecule has 0 spiro atoms. The molecule has 0 unspecified atom stereocenters. The van der Waals surface area contributed by atoms with Crippen molar-refractivity contribution in [2.75, 3.05) is 5.32 Å². The molecule has 1 aliphatic rings. The normalized spacial score (nSPS) is 13.5. The maximum Gasteiger partial charge on any atom is 0.276 e. The molecular formula is C16H14FN5O2. The molecule has 0 fully saturated rings. The van der Waals surface area contributed by atoms with Crippen LogP contribution in [-0.2, 0) is 13.0 Å². The fourth-order valence-corrected chi connectivity index (χ4v) is 2.78. The van der Waals surface area contributed by atoms with Crippen LogP contribution in [-0.4, -0.2) is 25.9 Å². The van der Waals surface area contributed by atoms with Gasteiger partial charge >= 0.3 is 0 Å². The van der Waals surface area contributed by atoms with Gasteiger partial charge in [0, 0.05) is 17.9 Å². The molecule has 1 aromatic carbocycles. The number of anilines is 1. The molecule has 122 valence electrons. The van der Waals surface area contributed by atoms with Gasteiger partial charge in [-0.3, -0.25) is 9.48 Å². The molecule has 1 aliphatic heterocycles. The number of amides is 1. The number of hydrogen-bond donors (Lipinski definition) is 1. The Bertz CT molecular complexity index is 865. The molecule has 2 aromatic heterocycles. The first-order valence-corrected chi connectivity index (χ1v) is 7.65. The highest BCUT2D eigenvalue weighted by molar-refractivity contribution is 6.03. The smallest absolute Gasteiger partial charge is 0.276 e. The van der Waals surface area contributed by atoms with E-state index in [2.05, 4.69) is 20.6 Å². The molecule has 0 atom stereocenters. The van der Waals surface area contributed by atoms with Crippen LogP contribution >= 0.6 is 0 Å². The quantitative estimate of drug-likeness (QED) is 0.799. The van der Waals surface area contributed by atoms with Gasteiger partial charge in [-0.05, 0) is 43.5 Å². The van der Waals surface area contributed by atoms with Crippen molar-refractivity contribution >= 4 is 11.6 Å². The largest absolute Gasteiger partial charge is 0.423 e. The van der Waals surface area contributed by atoms with Gasteiger partial charge in [-0.15, -0.1) is 10.2 Å². The van der Waals surface area contributed by atoms with Crippen LogP contribution < -0.4 is 5.32 Å². The second-order valence-corrected chi connectivity index (χ2v) is 5.59. The summed E-state index contributed by atoms with van der Waals surface area (Å²) in [6, 6.07) is 6.07. The van der Waals surface area contributed by atoms with E-state index >= 15 is 0 Å². The molecule has 4 rings (SSSR count). The Hall–Kier alpha value is -3.03. The van der Waals surface area contributed by atoms with Gasteiger partial charge in [-0.25, -0.2) is 4.39 Å². The maximum atomic E-state index is 14.2. The van der Waals surface area contributed by atoms with Gasteiger partial charge < -0.3 is 9.73 Å². The van der Waals surface area contributed by atoms with Gasteiger partial charge in [0.25, 0.3) is 5.91 Å². The van der Waals surface area contributed by atoms with E-state index in [1.165, 1.54) is 12.1 Å². The predicted octanol–water partition coefficient (Wildman–Crippen LogP) is 2.66. The molecule has 7 nitrogen and oxygen atoms in total. The number of hydrogen-bond acceptors (Lipinski definition) is 5. The first-order chi connectivity index (χ1) is 11.7. The van der Waals surface area contributed by atoms with Crippen molar-refractivity contribution in [1.29, 1.82) is 0 Å². The van der Waals surface area contributed by atoms with Gasteiger partial charge in [0.2, 0.25) is 12.3 Å². The number of benzene rings is 1. The summed E-state index contributed by atoms with van der Waals surface area (Å²) >= 11 is 0. The van der Waals surface area contributed by atoms with Gasteiger partial charge in [0.05, 0.1) is 5.56 Å². The van der Waals surface area contributed by atoms with Crippen LogP contribution in [0.5, 0.6) is 0 Å². The summed E-state index contributed by atoms with van der Waals surface area (Å²) in [5, 5.41) is 14.1. The first kappa shape index (κ1) is 14.6. The van der Waals surface area contributed by atoms with Crippen molar-refractivity contribution in [2.24, 2.45) is 0 Å². The summed E-state index contributed by atoms with van der Waals surface area (Å²) in [5.74, 6) is -0.824. The Morgan fingerprint density at radius 1 is 1.29 bits per heavy atom. The molecule has 0 saturated heterocycles. The van der Waals surface area contributed by atoms with E-state index in [4.69, 9.17) is 4.42 Å². The number of nitrogens with zero attached hydrogens (tertiary/aromatic N) is 4. The molecular weight excluding hydrogens is 313 g/mol. The molecule has 0 bridgehead atoms. The fraction of sp³-hybridized carbons (Fsp3) is 0.250. The molecule has 3 heterocycles. The van der Waals surface area contributed by atoms with Gasteiger partial charge in [0.1, 0.15) is 5.82 Å². The van der Waals surface area contributed by atoms with Crippen LogP contribution in [0.2, 0.25) is 0 Å². The zero-order valence-electron chi connectivity index (χ0n) is 12.7. The van der Waals surface area contributed by atoms with Crippen LogP contribution in [0.3, 0.4) is 0 Å². The topological polar surface area (TPSA) is 85.8 Å². The Kier molecular flexibility index (Phi) is 3.56. The van der Waals surface area contributed by atoms with E-state index < -0.39 is 5.82 Å². The third-order valence-electron chi connectivity index (χ3n) is 3.97. The van der Waals surface area contributed by atoms with Gasteiger partial charge in [0.15, 0.2) is 5.69 Å². The first-order valence-electron chi connectivity index (χ1n) is 7.65. The van der Waals surface area contributed by atoms with Crippen LogP contribution in [0.15, 0.2) is 35.1 Å². The van der Waals surface area contributed by atoms with E-state index in [0.717, 1.165) is 37.9 Å². The van der Waals surface area contributed by atoms with Crippen molar-refractivity contribution in [1.82, 2.24) is 20.0 Å². The van der Waals surface area contributed by atoms with Crippen molar-refractivity contribution < 1.29 is 13.6 Å². The molecule has 24 heavy (non-hydrogen) atoms. The minimum absolute atomic E-state index is 0.0900. The molecule has 0 radical (unpaired) electrons. The van der Waals surface area contributed by atoms with Crippen LogP contribution in [0, 0.1) is 5.82 Å². The number of aryl methyl sites for hydroxylation is 2. The maximum absolute atomic E-state index is 14.2. The van der Waals surface area contributed by atoms with E-state index in [1.54, 1.807) is 12.1 Å². The SMILES string of the molecule is O=C(Nc1ccc(-c2nnco2)c(F)c1)c1cc2n(n1)CCCC2. The van der Waals surface area contributed by atoms with Gasteiger partial charge in [-0.2, -0.15) is 5.10 Å². The highest BCUT2D eigenvalue weighted by Gasteiger charge is 2.18. The van der Waals surface area contributed by atoms with Gasteiger partial charge in [-0.1, -0.05) is 0 Å². The Morgan fingerprint density at radius 2 is 2.21 bits per heavy atom. The van der Waals surface area contributed by atoms with Crippen LogP contribution in [0.4, 0.5) is 10.1 Å². The number of aromatic nitrogens is 4. The fourth-order valence-electron chi connectivity index (χ4n) is 2.78. The summed E-state index contributed by atoms with van der Waals surface area (Å²) < 4.78 is 21.0. The number of nitrogens with one attached hydrogen (secondary N) is 1. The lowest BCUT2D eigenvalue weighted by molar-refractivity contribution is 0.102. The molecule has 1 amide bonds. The minimum Gasteiger partial charge on any atom is -0.423 e. The Labute approximate surface area is 136 Å². The number of carbonyl (C=O) groups is 1. The highest BCUT2D eigenvalue weighted by Crippen LogP contribution is 2.24. The van der Waals surface area contributed by atoms with Crippen molar-refractivity contribution in [3.05, 3.63) is 47.9 Å². The van der Waals surface area contributed by atoms with Crippen LogP contribution in [0.1, 0.15) is 29.0 Å². The lowest BCUT2D eigenvalue weighted by atomic mass is 10.1. The zero-order chi connectivity index (χ0) is 16.5. The summed E-state index contributed by atoms with van der Waals surface area (Å²) in [6.07, 6.45) is 4.23. The number of halogens is 1. The Morgan fingerprint density at radius 3 is 2.96 bits per heavy atom. The van der Waals surface area contributed by atoms with E-state index in [-0.39, 0.29) is 17.4 Å². The third-order valence-corrected chi connectivity index (χ3v) is 3.97. The van der Waals surface area contributed by atoms with E-state index in [1.807, 2.05) is 4.68 Å². The average molecular weight is 327 g/mol. The molecule has 3 aromatic rings. The number of rotatable bonds is 3. The number of fused-ring (bicyclic) bond motifs is 1. The molecule has 0 aliphatic carbocycles. The lowest BCUT2D eigenvalue weighted by Crippen LogP contribution is -2.14. The molecule has 8 heteroatoms. The number of carbonyl (C=O) groups excluding carboxylic acids is 1. The summed E-state index contributed by atoms with van der Waals surface area (Å²) in [5.41, 5.74) is 1.92. The summed E-state index contributed by atoms with van der Waals surface area (Å²) in [6.45, 7) is 0.829. The van der Waals surface area contributed by atoms with Crippen molar-refractivity contribution in [3.63, 3.8) is 0 Å². The summed E-state index contributed by atoms with van der Waals surface area (Å²) in [7, 11) is 0. The van der Waals surface area contributed by atoms with Crippen LogP contribution in [0.25, 0.3) is 11.5 Å². The second kappa shape index (κ2) is 5.88. The zero-order valence-corrected chi connectivity index (χ0v) is 12.7. The predicted molar refractivity (Wildman–Crippen MR) is 82.8 cm³/mol. The van der Waals surface area contributed by atoms with Crippen molar-refractivity contribution in [3.8, 4) is 11.5 Å². The molecule has 1 N–H and O–H groups in total. The average Bonchev–Trinajstić information content (AvgIpc) is 3.24. The standard InChI is InChI=1S/C16H14FN5O2/c17-13-7-10(4-5-12(13)16-20-18-9-24-16)19-15(23)14-8-11-3-1-2-6-22(11)21-14/h4-5,7-9H,1-3,6H2,(H,19,23). The minimum atomic E-state index is -0.554. The summed E-state index contributed by atoms with van der Waals surface area (Å²) in [4.78, 5) is 12.3. The molecule has 0 saturated carbocycles. The van der Waals surface area contributed by atoms with E-state index in [9.17, 15) is 9.18 Å². The van der Waals surface area contributed by atoms with Crippen molar-refractivity contribution in [2.45, 2.75) is 25.8 Å². The second-order valence-electron chi connectivity index (χ2n) is 5.59. The lowest BCUT2D eigenvalue weighted by Gasteiger charge is -2.11. The third kappa shape index (κ3) is 2.66. The van der Waals surface area contributed by atoms with E-state index in [0.29, 0.717) is 11.4 Å². The monoisotopic (exact) mass is 327 g/mol.